The average Bonchev–Trinajstić information content (AvgIpc) is 3.30. The van der Waals surface area contributed by atoms with Crippen molar-refractivity contribution in [3.8, 4) is 0 Å². The van der Waals surface area contributed by atoms with Crippen molar-refractivity contribution in [2.24, 2.45) is 0 Å². The van der Waals surface area contributed by atoms with Crippen LogP contribution in [0.15, 0.2) is 53.1 Å². The molecule has 0 unspecified atom stereocenters. The van der Waals surface area contributed by atoms with Crippen molar-refractivity contribution in [3.63, 3.8) is 0 Å². The fourth-order valence-corrected chi connectivity index (χ4v) is 3.56. The average molecular weight is 341 g/mol. The molecule has 25 heavy (non-hydrogen) atoms. The van der Waals surface area contributed by atoms with Crippen LogP contribution in [0.3, 0.4) is 0 Å². The first kappa shape index (κ1) is 17.7. The summed E-state index contributed by atoms with van der Waals surface area (Å²) in [4.78, 5) is 17.2. The van der Waals surface area contributed by atoms with E-state index in [4.69, 9.17) is 4.42 Å². The van der Waals surface area contributed by atoms with Crippen molar-refractivity contribution in [2.45, 2.75) is 24.9 Å². The zero-order valence-electron chi connectivity index (χ0n) is 15.0. The molecule has 2 heterocycles. The second kappa shape index (κ2) is 8.32. The van der Waals surface area contributed by atoms with E-state index in [0.29, 0.717) is 6.54 Å². The van der Waals surface area contributed by atoms with Gasteiger partial charge < -0.3 is 9.73 Å². The van der Waals surface area contributed by atoms with Crippen LogP contribution in [0, 0.1) is 0 Å². The molecule has 1 aromatic carbocycles. The normalized spacial score (nSPS) is 17.6. The number of hydrogen-bond donors (Lipinski definition) is 1. The Labute approximate surface area is 149 Å². The second-order valence-corrected chi connectivity index (χ2v) is 6.80. The van der Waals surface area contributed by atoms with E-state index in [1.54, 1.807) is 6.26 Å². The second-order valence-electron chi connectivity index (χ2n) is 6.80. The highest BCUT2D eigenvalue weighted by atomic mass is 16.3. The number of furan rings is 1. The van der Waals surface area contributed by atoms with Crippen LogP contribution in [0.25, 0.3) is 0 Å². The maximum absolute atomic E-state index is 12.9. The van der Waals surface area contributed by atoms with E-state index in [0.717, 1.165) is 24.4 Å². The summed E-state index contributed by atoms with van der Waals surface area (Å²) in [5, 5.41) is 3.15. The molecule has 0 spiro atoms. The minimum atomic E-state index is -0.294. The number of carbonyl (C=O) groups is 1. The molecule has 1 aliphatic heterocycles. The van der Waals surface area contributed by atoms with Gasteiger partial charge in [-0.15, -0.1) is 0 Å². The zero-order chi connectivity index (χ0) is 17.6. The van der Waals surface area contributed by atoms with Crippen molar-refractivity contribution in [1.29, 1.82) is 0 Å². The first-order valence-corrected chi connectivity index (χ1v) is 8.93. The molecular formula is C20H27N3O2. The van der Waals surface area contributed by atoms with Gasteiger partial charge in [-0.05, 0) is 57.7 Å². The summed E-state index contributed by atoms with van der Waals surface area (Å²) in [6.45, 7) is 2.66. The molecule has 134 valence electrons. The fraction of sp³-hybridized carbons (Fsp3) is 0.450. The lowest BCUT2D eigenvalue weighted by atomic mass is 10.1. The number of likely N-dealkylation sites (N-methyl/N-ethyl adjacent to an activating group) is 1. The number of hydrogen-bond acceptors (Lipinski definition) is 4. The topological polar surface area (TPSA) is 48.7 Å². The maximum Gasteiger partial charge on any atom is 0.242 e. The van der Waals surface area contributed by atoms with Gasteiger partial charge in [-0.25, -0.2) is 0 Å². The molecule has 5 nitrogen and oxygen atoms in total. The highest BCUT2D eigenvalue weighted by Crippen LogP contribution is 2.25. The summed E-state index contributed by atoms with van der Waals surface area (Å²) in [5.74, 6) is 0.940. The largest absolute Gasteiger partial charge is 0.468 e. The molecule has 1 N–H and O–H groups in total. The van der Waals surface area contributed by atoms with Crippen LogP contribution >= 0.6 is 0 Å². The third-order valence-electron chi connectivity index (χ3n) is 4.80. The van der Waals surface area contributed by atoms with Crippen LogP contribution in [0.1, 0.15) is 36.2 Å². The van der Waals surface area contributed by atoms with Gasteiger partial charge in [-0.1, -0.05) is 30.3 Å². The molecule has 0 radical (unpaired) electrons. The van der Waals surface area contributed by atoms with Gasteiger partial charge >= 0.3 is 0 Å². The first-order valence-electron chi connectivity index (χ1n) is 8.93. The van der Waals surface area contributed by atoms with Gasteiger partial charge in [0.2, 0.25) is 5.91 Å². The molecule has 0 saturated carbocycles. The highest BCUT2D eigenvalue weighted by Gasteiger charge is 2.28. The Morgan fingerprint density at radius 1 is 1.16 bits per heavy atom. The Morgan fingerprint density at radius 3 is 2.48 bits per heavy atom. The molecule has 1 aromatic heterocycles. The number of carbonyl (C=O) groups excluding carboxylic acids is 1. The van der Waals surface area contributed by atoms with Crippen molar-refractivity contribution < 1.29 is 9.21 Å². The number of rotatable bonds is 7. The molecule has 1 saturated heterocycles. The predicted octanol–water partition coefficient (Wildman–Crippen LogP) is 2.84. The van der Waals surface area contributed by atoms with E-state index >= 15 is 0 Å². The number of likely N-dealkylation sites (tertiary alicyclic amines) is 1. The van der Waals surface area contributed by atoms with Crippen molar-refractivity contribution in [3.05, 3.63) is 60.1 Å². The maximum atomic E-state index is 12.9. The Balaban J connectivity index is 1.70. The quantitative estimate of drug-likeness (QED) is 0.841. The van der Waals surface area contributed by atoms with E-state index in [-0.39, 0.29) is 18.0 Å². The molecule has 2 aromatic rings. The summed E-state index contributed by atoms with van der Waals surface area (Å²) < 4.78 is 5.63. The smallest absolute Gasteiger partial charge is 0.242 e. The predicted molar refractivity (Wildman–Crippen MR) is 98.1 cm³/mol. The lowest BCUT2D eigenvalue weighted by Gasteiger charge is -2.28. The zero-order valence-corrected chi connectivity index (χ0v) is 15.0. The summed E-state index contributed by atoms with van der Waals surface area (Å²) in [5.41, 5.74) is 1.00. The van der Waals surface area contributed by atoms with Crippen LogP contribution < -0.4 is 5.32 Å². The fourth-order valence-electron chi connectivity index (χ4n) is 3.56. The third kappa shape index (κ3) is 4.30. The first-order chi connectivity index (χ1) is 12.2. The molecule has 2 atom stereocenters. The molecule has 1 aliphatic rings. The van der Waals surface area contributed by atoms with Crippen LogP contribution in [0.2, 0.25) is 0 Å². The summed E-state index contributed by atoms with van der Waals surface area (Å²) in [7, 11) is 3.86. The molecule has 0 bridgehead atoms. The minimum Gasteiger partial charge on any atom is -0.468 e. The number of benzene rings is 1. The number of amides is 1. The van der Waals surface area contributed by atoms with Crippen molar-refractivity contribution in [1.82, 2.24) is 15.1 Å². The molecule has 1 amide bonds. The van der Waals surface area contributed by atoms with Gasteiger partial charge in [0.05, 0.1) is 12.3 Å². The number of nitrogens with zero attached hydrogens (tertiary/aromatic N) is 2. The molecule has 0 aliphatic carbocycles. The Morgan fingerprint density at radius 2 is 1.88 bits per heavy atom. The third-order valence-corrected chi connectivity index (χ3v) is 4.80. The van der Waals surface area contributed by atoms with E-state index in [1.807, 2.05) is 61.5 Å². The van der Waals surface area contributed by atoms with E-state index < -0.39 is 0 Å². The van der Waals surface area contributed by atoms with Gasteiger partial charge in [0.15, 0.2) is 0 Å². The molecule has 1 fully saturated rings. The van der Waals surface area contributed by atoms with E-state index in [9.17, 15) is 4.79 Å². The van der Waals surface area contributed by atoms with Gasteiger partial charge in [0, 0.05) is 6.54 Å². The SMILES string of the molecule is CN(C)[C@@H](C(=O)NC[C@H](c1ccco1)N1CCCC1)c1ccccc1. The van der Waals surface area contributed by atoms with Crippen LogP contribution in [-0.2, 0) is 4.79 Å². The molecular weight excluding hydrogens is 314 g/mol. The number of nitrogens with one attached hydrogen (secondary N) is 1. The van der Waals surface area contributed by atoms with Gasteiger partial charge in [0.1, 0.15) is 11.8 Å². The summed E-state index contributed by atoms with van der Waals surface area (Å²) >= 11 is 0. The van der Waals surface area contributed by atoms with Gasteiger partial charge in [-0.2, -0.15) is 0 Å². The summed E-state index contributed by atoms with van der Waals surface area (Å²) in [6.07, 6.45) is 4.11. The van der Waals surface area contributed by atoms with Crippen LogP contribution in [-0.4, -0.2) is 49.4 Å². The van der Waals surface area contributed by atoms with E-state index in [1.165, 1.54) is 12.8 Å². The lowest BCUT2D eigenvalue weighted by molar-refractivity contribution is -0.126. The van der Waals surface area contributed by atoms with Crippen molar-refractivity contribution >= 4 is 5.91 Å². The van der Waals surface area contributed by atoms with E-state index in [2.05, 4.69) is 10.2 Å². The Bertz CT molecular complexity index is 649. The molecule has 3 rings (SSSR count). The lowest BCUT2D eigenvalue weighted by Crippen LogP contribution is -2.41. The van der Waals surface area contributed by atoms with Gasteiger partial charge in [-0.3, -0.25) is 14.6 Å². The van der Waals surface area contributed by atoms with Gasteiger partial charge in [0.25, 0.3) is 0 Å². The van der Waals surface area contributed by atoms with Crippen LogP contribution in [0.4, 0.5) is 0 Å². The molecule has 5 heteroatoms. The highest BCUT2D eigenvalue weighted by molar-refractivity contribution is 5.83. The minimum absolute atomic E-state index is 0.0203. The Kier molecular flexibility index (Phi) is 5.89. The monoisotopic (exact) mass is 341 g/mol. The summed E-state index contributed by atoms with van der Waals surface area (Å²) in [6, 6.07) is 13.6. The van der Waals surface area contributed by atoms with Crippen molar-refractivity contribution in [2.75, 3.05) is 33.7 Å². The standard InChI is InChI=1S/C20H27N3O2/c1-22(2)19(16-9-4-3-5-10-16)20(24)21-15-17(18-11-8-14-25-18)23-12-6-7-13-23/h3-5,8-11,14,17,19H,6-7,12-13,15H2,1-2H3,(H,21,24)/t17-,19-/m1/s1. The van der Waals surface area contributed by atoms with Crippen LogP contribution in [0.5, 0.6) is 0 Å². The Hall–Kier alpha value is -2.11.